The molecule has 1 saturated heterocycles. The van der Waals surface area contributed by atoms with E-state index in [0.29, 0.717) is 11.4 Å². The monoisotopic (exact) mass is 284 g/mol. The highest BCUT2D eigenvalue weighted by atomic mass is 16.7. The molecule has 110 valence electrons. The fourth-order valence-corrected chi connectivity index (χ4v) is 1.90. The van der Waals surface area contributed by atoms with Crippen LogP contribution in [0.5, 0.6) is 5.75 Å². The first-order chi connectivity index (χ1) is 9.56. The van der Waals surface area contributed by atoms with Gasteiger partial charge < -0.3 is 29.9 Å². The summed E-state index contributed by atoms with van der Waals surface area (Å²) in [4.78, 5) is 0. The number of hydrogen-bond acceptors (Lipinski definition) is 8. The number of hydrogen-bond donors (Lipinski definition) is 5. The van der Waals surface area contributed by atoms with Crippen molar-refractivity contribution < 1.29 is 29.9 Å². The van der Waals surface area contributed by atoms with Crippen LogP contribution in [0.2, 0.25) is 0 Å². The first-order valence-electron chi connectivity index (χ1n) is 6.01. The zero-order chi connectivity index (χ0) is 14.7. The van der Waals surface area contributed by atoms with Crippen LogP contribution in [0.1, 0.15) is 0 Å². The van der Waals surface area contributed by atoms with Crippen LogP contribution < -0.4 is 4.74 Å². The number of rotatable bonds is 4. The van der Waals surface area contributed by atoms with Gasteiger partial charge in [0, 0.05) is 0 Å². The summed E-state index contributed by atoms with van der Waals surface area (Å²) >= 11 is 0. The molecule has 1 heterocycles. The van der Waals surface area contributed by atoms with E-state index in [9.17, 15) is 15.3 Å². The van der Waals surface area contributed by atoms with E-state index in [4.69, 9.17) is 20.1 Å². The minimum atomic E-state index is -1.48. The fraction of sp³-hybridized carbons (Fsp3) is 0.500. The van der Waals surface area contributed by atoms with Gasteiger partial charge in [0.1, 0.15) is 30.2 Å². The molecule has 1 aromatic carbocycles. The number of aliphatic hydroxyl groups excluding tert-OH is 4. The molecule has 0 spiro atoms. The fourth-order valence-electron chi connectivity index (χ4n) is 1.90. The summed E-state index contributed by atoms with van der Waals surface area (Å²) < 4.78 is 10.6. The van der Waals surface area contributed by atoms with Crippen molar-refractivity contribution in [2.75, 3.05) is 6.61 Å². The molecule has 1 aliphatic heterocycles. The van der Waals surface area contributed by atoms with E-state index in [1.807, 2.05) is 0 Å². The second kappa shape index (κ2) is 6.25. The van der Waals surface area contributed by atoms with E-state index in [1.165, 1.54) is 24.3 Å². The van der Waals surface area contributed by atoms with Crippen LogP contribution in [0, 0.1) is 5.53 Å². The van der Waals surface area contributed by atoms with Crippen molar-refractivity contribution >= 4 is 5.69 Å². The van der Waals surface area contributed by atoms with Crippen molar-refractivity contribution in [3.8, 4) is 5.75 Å². The van der Waals surface area contributed by atoms with Crippen molar-refractivity contribution in [1.82, 2.24) is 0 Å². The maximum Gasteiger partial charge on any atom is 0.229 e. The lowest BCUT2D eigenvalue weighted by atomic mass is 9.99. The minimum Gasteiger partial charge on any atom is -0.462 e. The Kier molecular flexibility index (Phi) is 4.63. The van der Waals surface area contributed by atoms with E-state index < -0.39 is 37.3 Å². The molecule has 0 bridgehead atoms. The summed E-state index contributed by atoms with van der Waals surface area (Å²) in [6.45, 7) is -0.512. The molecule has 5 atom stereocenters. The predicted octanol–water partition coefficient (Wildman–Crippen LogP) is -0.472. The van der Waals surface area contributed by atoms with Gasteiger partial charge in [0.25, 0.3) is 0 Å². The molecule has 0 aliphatic carbocycles. The molecule has 1 fully saturated rings. The average Bonchev–Trinajstić information content (AvgIpc) is 2.48. The summed E-state index contributed by atoms with van der Waals surface area (Å²) in [7, 11) is 0. The predicted molar refractivity (Wildman–Crippen MR) is 65.6 cm³/mol. The molecule has 5 N–H and O–H groups in total. The first kappa shape index (κ1) is 14.8. The van der Waals surface area contributed by atoms with E-state index in [1.54, 1.807) is 0 Å². The van der Waals surface area contributed by atoms with Crippen molar-refractivity contribution in [3.05, 3.63) is 24.3 Å². The van der Waals surface area contributed by atoms with E-state index in [-0.39, 0.29) is 0 Å². The third-order valence-electron chi connectivity index (χ3n) is 3.07. The standard InChI is InChI=1S/C12H16N2O6/c13-14-6-1-3-7(4-2-6)19-12-11(18)10(17)9(16)8(5-15)20-12/h1-4,8-13,15-18H,5H2/t8-,9-,10+,11+,12+/m1/s1. The van der Waals surface area contributed by atoms with Crippen molar-refractivity contribution in [2.24, 2.45) is 5.11 Å². The summed E-state index contributed by atoms with van der Waals surface area (Å²) in [5.41, 5.74) is 7.27. The molecule has 1 aromatic rings. The molecule has 0 amide bonds. The van der Waals surface area contributed by atoms with Gasteiger partial charge in [0.2, 0.25) is 6.29 Å². The second-order valence-electron chi connectivity index (χ2n) is 4.42. The average molecular weight is 284 g/mol. The normalized spacial score (nSPS) is 33.7. The van der Waals surface area contributed by atoms with Gasteiger partial charge in [-0.3, -0.25) is 0 Å². The highest BCUT2D eigenvalue weighted by Gasteiger charge is 2.44. The lowest BCUT2D eigenvalue weighted by molar-refractivity contribution is -0.277. The Bertz CT molecular complexity index is 452. The molecular weight excluding hydrogens is 268 g/mol. The molecule has 0 radical (unpaired) electrons. The highest BCUT2D eigenvalue weighted by Crippen LogP contribution is 2.25. The van der Waals surface area contributed by atoms with Crippen LogP contribution in [-0.4, -0.2) is 57.7 Å². The Morgan fingerprint density at radius 1 is 1.10 bits per heavy atom. The maximum atomic E-state index is 9.79. The molecule has 0 saturated carbocycles. The van der Waals surface area contributed by atoms with Gasteiger partial charge in [0.05, 0.1) is 12.3 Å². The third kappa shape index (κ3) is 2.94. The van der Waals surface area contributed by atoms with Crippen molar-refractivity contribution in [3.63, 3.8) is 0 Å². The zero-order valence-electron chi connectivity index (χ0n) is 10.5. The van der Waals surface area contributed by atoms with Gasteiger partial charge in [-0.05, 0) is 24.3 Å². The Balaban J connectivity index is 2.08. The SMILES string of the molecule is N=Nc1ccc(O[C@H]2O[C@H](CO)[C@@H](O)[C@H](O)[C@@H]2O)cc1. The van der Waals surface area contributed by atoms with Gasteiger partial charge in [-0.2, -0.15) is 5.11 Å². The lowest BCUT2D eigenvalue weighted by Gasteiger charge is -2.39. The first-order valence-corrected chi connectivity index (χ1v) is 6.01. The molecule has 0 aromatic heterocycles. The van der Waals surface area contributed by atoms with Gasteiger partial charge >= 0.3 is 0 Å². The third-order valence-corrected chi connectivity index (χ3v) is 3.07. The molecule has 8 nitrogen and oxygen atoms in total. The summed E-state index contributed by atoms with van der Waals surface area (Å²) in [5.74, 6) is 0.335. The number of nitrogens with one attached hydrogen (secondary N) is 1. The molecule has 1 aliphatic rings. The van der Waals surface area contributed by atoms with Crippen LogP contribution in [0.3, 0.4) is 0 Å². The van der Waals surface area contributed by atoms with Crippen LogP contribution >= 0.6 is 0 Å². The van der Waals surface area contributed by atoms with Gasteiger partial charge in [0.15, 0.2) is 0 Å². The Morgan fingerprint density at radius 2 is 1.75 bits per heavy atom. The molecule has 2 rings (SSSR count). The maximum absolute atomic E-state index is 9.79. The number of benzene rings is 1. The van der Waals surface area contributed by atoms with Crippen LogP contribution in [0.15, 0.2) is 29.4 Å². The molecule has 20 heavy (non-hydrogen) atoms. The molecular formula is C12H16N2O6. The quantitative estimate of drug-likeness (QED) is 0.474. The summed E-state index contributed by atoms with van der Waals surface area (Å²) in [6.07, 6.45) is -6.58. The number of nitrogens with zero attached hydrogens (tertiary/aromatic N) is 1. The highest BCUT2D eigenvalue weighted by molar-refractivity contribution is 5.40. The Morgan fingerprint density at radius 3 is 2.30 bits per heavy atom. The van der Waals surface area contributed by atoms with Gasteiger partial charge in [-0.15, -0.1) is 0 Å². The van der Waals surface area contributed by atoms with E-state index in [0.717, 1.165) is 0 Å². The second-order valence-corrected chi connectivity index (χ2v) is 4.42. The molecule has 8 heteroatoms. The zero-order valence-corrected chi connectivity index (χ0v) is 10.5. The van der Waals surface area contributed by atoms with Crippen molar-refractivity contribution in [2.45, 2.75) is 30.7 Å². The summed E-state index contributed by atoms with van der Waals surface area (Å²) in [5, 5.41) is 41.3. The van der Waals surface area contributed by atoms with Gasteiger partial charge in [-0.1, -0.05) is 0 Å². The van der Waals surface area contributed by atoms with E-state index in [2.05, 4.69) is 5.11 Å². The van der Waals surface area contributed by atoms with Crippen LogP contribution in [0.4, 0.5) is 5.69 Å². The van der Waals surface area contributed by atoms with Crippen molar-refractivity contribution in [1.29, 1.82) is 5.53 Å². The minimum absolute atomic E-state index is 0.335. The summed E-state index contributed by atoms with van der Waals surface area (Å²) in [6, 6.07) is 6.11. The number of aliphatic hydroxyl groups is 4. The Hall–Kier alpha value is -1.58. The van der Waals surface area contributed by atoms with E-state index >= 15 is 0 Å². The largest absolute Gasteiger partial charge is 0.462 e. The Labute approximate surface area is 114 Å². The number of ether oxygens (including phenoxy) is 2. The van der Waals surface area contributed by atoms with Gasteiger partial charge in [-0.25, -0.2) is 5.53 Å². The topological polar surface area (TPSA) is 136 Å². The smallest absolute Gasteiger partial charge is 0.229 e. The van der Waals surface area contributed by atoms with Crippen LogP contribution in [-0.2, 0) is 4.74 Å². The van der Waals surface area contributed by atoms with Crippen LogP contribution in [0.25, 0.3) is 0 Å². The molecule has 0 unspecified atom stereocenters. The lowest BCUT2D eigenvalue weighted by Crippen LogP contribution is -2.60.